The molecular formula is C12H23NO5. The van der Waals surface area contributed by atoms with E-state index in [4.69, 9.17) is 4.74 Å². The van der Waals surface area contributed by atoms with Crippen molar-refractivity contribution in [3.63, 3.8) is 0 Å². The van der Waals surface area contributed by atoms with Crippen molar-refractivity contribution in [2.24, 2.45) is 0 Å². The molecule has 0 aromatic rings. The summed E-state index contributed by atoms with van der Waals surface area (Å²) >= 11 is 0. The molecule has 1 N–H and O–H groups in total. The van der Waals surface area contributed by atoms with Gasteiger partial charge in [-0.05, 0) is 6.42 Å². The highest BCUT2D eigenvalue weighted by molar-refractivity contribution is 5.73. The molecule has 0 fully saturated rings. The molecule has 0 aliphatic carbocycles. The van der Waals surface area contributed by atoms with Gasteiger partial charge in [-0.2, -0.15) is 0 Å². The summed E-state index contributed by atoms with van der Waals surface area (Å²) in [6.07, 6.45) is 1.52. The third-order valence-electron chi connectivity index (χ3n) is 2.70. The molecule has 0 saturated carbocycles. The smallest absolute Gasteiger partial charge is 0.320 e. The van der Waals surface area contributed by atoms with E-state index in [0.29, 0.717) is 26.1 Å². The van der Waals surface area contributed by atoms with Crippen LogP contribution in [0.4, 0.5) is 0 Å². The molecule has 0 saturated heterocycles. The van der Waals surface area contributed by atoms with Gasteiger partial charge in [0, 0.05) is 20.2 Å². The molecule has 106 valence electrons. The van der Waals surface area contributed by atoms with Crippen LogP contribution in [0.25, 0.3) is 0 Å². The predicted molar refractivity (Wildman–Crippen MR) is 66.4 cm³/mol. The number of ether oxygens (including phenoxy) is 2. The van der Waals surface area contributed by atoms with Crippen molar-refractivity contribution in [1.82, 2.24) is 4.90 Å². The summed E-state index contributed by atoms with van der Waals surface area (Å²) < 4.78 is 9.52. The zero-order valence-electron chi connectivity index (χ0n) is 11.3. The lowest BCUT2D eigenvalue weighted by molar-refractivity contribution is -0.146. The molecule has 6 nitrogen and oxygen atoms in total. The molecule has 1 atom stereocenters. The van der Waals surface area contributed by atoms with E-state index in [-0.39, 0.29) is 12.4 Å². The van der Waals surface area contributed by atoms with Crippen LogP contribution in [-0.4, -0.2) is 61.9 Å². The van der Waals surface area contributed by atoms with Gasteiger partial charge in [-0.15, -0.1) is 0 Å². The summed E-state index contributed by atoms with van der Waals surface area (Å²) in [4.78, 5) is 24.1. The molecule has 0 aliphatic rings. The summed E-state index contributed by atoms with van der Waals surface area (Å²) in [5.74, 6) is -1.20. The minimum absolute atomic E-state index is 0.188. The van der Waals surface area contributed by atoms with Gasteiger partial charge in [0.05, 0.1) is 20.1 Å². The molecule has 0 radical (unpaired) electrons. The first-order valence-corrected chi connectivity index (χ1v) is 6.09. The first kappa shape index (κ1) is 16.9. The standard InChI is InChI=1S/C12H23NO5/c1-4-5-10(12(15)16)13(8-9-17-2)7-6-11(14)18-3/h10H,4-9H2,1-3H3,(H,15,16). The summed E-state index contributed by atoms with van der Waals surface area (Å²) in [6.45, 7) is 3.23. The normalized spacial score (nSPS) is 12.4. The maximum absolute atomic E-state index is 11.2. The van der Waals surface area contributed by atoms with E-state index >= 15 is 0 Å². The van der Waals surface area contributed by atoms with Crippen LogP contribution in [-0.2, 0) is 19.1 Å². The first-order chi connectivity index (χ1) is 8.56. The molecule has 0 spiro atoms. The summed E-state index contributed by atoms with van der Waals surface area (Å²) in [5.41, 5.74) is 0. The molecule has 0 aromatic carbocycles. The Morgan fingerprint density at radius 2 is 1.94 bits per heavy atom. The molecule has 1 unspecified atom stereocenters. The number of aliphatic carboxylic acids is 1. The molecule has 0 aromatic heterocycles. The average molecular weight is 261 g/mol. The van der Waals surface area contributed by atoms with Crippen molar-refractivity contribution in [2.45, 2.75) is 32.2 Å². The van der Waals surface area contributed by atoms with Crippen molar-refractivity contribution >= 4 is 11.9 Å². The second-order valence-corrected chi connectivity index (χ2v) is 4.00. The van der Waals surface area contributed by atoms with E-state index in [9.17, 15) is 14.7 Å². The Morgan fingerprint density at radius 1 is 1.28 bits per heavy atom. The van der Waals surface area contributed by atoms with E-state index in [2.05, 4.69) is 4.74 Å². The highest BCUT2D eigenvalue weighted by Gasteiger charge is 2.24. The molecule has 18 heavy (non-hydrogen) atoms. The van der Waals surface area contributed by atoms with Crippen LogP contribution < -0.4 is 0 Å². The van der Waals surface area contributed by atoms with Gasteiger partial charge in [-0.1, -0.05) is 13.3 Å². The summed E-state index contributed by atoms with van der Waals surface area (Å²) in [6, 6.07) is -0.574. The van der Waals surface area contributed by atoms with Gasteiger partial charge in [0.25, 0.3) is 0 Å². The van der Waals surface area contributed by atoms with Gasteiger partial charge in [0.2, 0.25) is 0 Å². The fourth-order valence-electron chi connectivity index (χ4n) is 1.70. The fraction of sp³-hybridized carbons (Fsp3) is 0.833. The highest BCUT2D eigenvalue weighted by atomic mass is 16.5. The number of hydrogen-bond donors (Lipinski definition) is 1. The van der Waals surface area contributed by atoms with Crippen molar-refractivity contribution in [2.75, 3.05) is 33.9 Å². The largest absolute Gasteiger partial charge is 0.480 e. The minimum atomic E-state index is -0.863. The Labute approximate surface area is 108 Å². The molecule has 0 bridgehead atoms. The average Bonchev–Trinajstić information content (AvgIpc) is 2.36. The number of carbonyl (C=O) groups excluding carboxylic acids is 1. The lowest BCUT2D eigenvalue weighted by atomic mass is 10.1. The fourth-order valence-corrected chi connectivity index (χ4v) is 1.70. The third kappa shape index (κ3) is 6.56. The summed E-state index contributed by atoms with van der Waals surface area (Å²) in [7, 11) is 2.89. The van der Waals surface area contributed by atoms with Crippen LogP contribution in [0.3, 0.4) is 0 Å². The quantitative estimate of drug-likeness (QED) is 0.585. The van der Waals surface area contributed by atoms with Gasteiger partial charge >= 0.3 is 11.9 Å². The monoisotopic (exact) mass is 261 g/mol. The van der Waals surface area contributed by atoms with Crippen molar-refractivity contribution < 1.29 is 24.2 Å². The van der Waals surface area contributed by atoms with Crippen LogP contribution in [0.15, 0.2) is 0 Å². The first-order valence-electron chi connectivity index (χ1n) is 6.09. The zero-order valence-corrected chi connectivity index (χ0v) is 11.3. The van der Waals surface area contributed by atoms with E-state index in [0.717, 1.165) is 6.42 Å². The van der Waals surface area contributed by atoms with Crippen molar-refractivity contribution in [1.29, 1.82) is 0 Å². The van der Waals surface area contributed by atoms with Gasteiger partial charge in [-0.25, -0.2) is 0 Å². The Bertz CT molecular complexity index is 257. The predicted octanol–water partition coefficient (Wildman–Crippen LogP) is 0.751. The number of nitrogens with zero attached hydrogens (tertiary/aromatic N) is 1. The number of hydrogen-bond acceptors (Lipinski definition) is 5. The van der Waals surface area contributed by atoms with E-state index in [1.165, 1.54) is 7.11 Å². The minimum Gasteiger partial charge on any atom is -0.480 e. The topological polar surface area (TPSA) is 76.1 Å². The second kappa shape index (κ2) is 9.85. The number of carbonyl (C=O) groups is 2. The van der Waals surface area contributed by atoms with Crippen LogP contribution >= 0.6 is 0 Å². The molecule has 6 heteroatoms. The number of carboxylic acids is 1. The Kier molecular flexibility index (Phi) is 9.22. The Morgan fingerprint density at radius 3 is 2.39 bits per heavy atom. The van der Waals surface area contributed by atoms with Gasteiger partial charge < -0.3 is 14.6 Å². The number of carboxylic acid groups (broad SMARTS) is 1. The zero-order chi connectivity index (χ0) is 14.0. The van der Waals surface area contributed by atoms with E-state index in [1.807, 2.05) is 6.92 Å². The van der Waals surface area contributed by atoms with Gasteiger partial charge in [0.15, 0.2) is 0 Å². The van der Waals surface area contributed by atoms with E-state index in [1.54, 1.807) is 12.0 Å². The number of rotatable bonds is 10. The SMILES string of the molecule is CCCC(C(=O)O)N(CCOC)CCC(=O)OC. The van der Waals surface area contributed by atoms with Crippen molar-refractivity contribution in [3.05, 3.63) is 0 Å². The maximum Gasteiger partial charge on any atom is 0.320 e. The van der Waals surface area contributed by atoms with Crippen LogP contribution in [0.2, 0.25) is 0 Å². The van der Waals surface area contributed by atoms with Gasteiger partial charge in [-0.3, -0.25) is 14.5 Å². The molecule has 0 aliphatic heterocycles. The lowest BCUT2D eigenvalue weighted by Gasteiger charge is -2.28. The van der Waals surface area contributed by atoms with E-state index < -0.39 is 12.0 Å². The maximum atomic E-state index is 11.2. The summed E-state index contributed by atoms with van der Waals surface area (Å²) in [5, 5.41) is 9.20. The van der Waals surface area contributed by atoms with Crippen LogP contribution in [0, 0.1) is 0 Å². The third-order valence-corrected chi connectivity index (χ3v) is 2.70. The number of esters is 1. The van der Waals surface area contributed by atoms with Crippen LogP contribution in [0.1, 0.15) is 26.2 Å². The van der Waals surface area contributed by atoms with Crippen molar-refractivity contribution in [3.8, 4) is 0 Å². The number of methoxy groups -OCH3 is 2. The highest BCUT2D eigenvalue weighted by Crippen LogP contribution is 2.09. The molecular weight excluding hydrogens is 238 g/mol. The molecule has 0 heterocycles. The van der Waals surface area contributed by atoms with Crippen LogP contribution in [0.5, 0.6) is 0 Å². The Hall–Kier alpha value is -1.14. The molecule has 0 amide bonds. The molecule has 0 rings (SSSR count). The lowest BCUT2D eigenvalue weighted by Crippen LogP contribution is -2.44. The Balaban J connectivity index is 4.50. The van der Waals surface area contributed by atoms with Gasteiger partial charge in [0.1, 0.15) is 6.04 Å². The second-order valence-electron chi connectivity index (χ2n) is 4.00.